The molecule has 1 unspecified atom stereocenters. The molecule has 0 aromatic rings. The Morgan fingerprint density at radius 2 is 1.87 bits per heavy atom. The van der Waals surface area contributed by atoms with Gasteiger partial charge in [0.2, 0.25) is 5.91 Å². The van der Waals surface area contributed by atoms with Gasteiger partial charge in [0, 0.05) is 12.0 Å². The lowest BCUT2D eigenvalue weighted by Gasteiger charge is -2.22. The third kappa shape index (κ3) is 6.06. The normalized spacial score (nSPS) is 13.7. The third-order valence-electron chi connectivity index (χ3n) is 1.87. The first kappa shape index (κ1) is 13.9. The van der Waals surface area contributed by atoms with E-state index in [1.165, 1.54) is 0 Å². The van der Waals surface area contributed by atoms with Crippen molar-refractivity contribution in [2.45, 2.75) is 45.7 Å². The summed E-state index contributed by atoms with van der Waals surface area (Å²) in [5, 5.41) is 11.3. The zero-order valence-electron chi connectivity index (χ0n) is 9.70. The molecule has 0 saturated carbocycles. The van der Waals surface area contributed by atoms with Crippen LogP contribution >= 0.6 is 0 Å². The number of rotatable bonds is 5. The van der Waals surface area contributed by atoms with Crippen LogP contribution in [0.1, 0.15) is 34.1 Å². The van der Waals surface area contributed by atoms with E-state index in [0.717, 1.165) is 0 Å². The van der Waals surface area contributed by atoms with Gasteiger partial charge in [-0.15, -0.1) is 0 Å². The van der Waals surface area contributed by atoms with E-state index in [1.807, 2.05) is 0 Å². The van der Waals surface area contributed by atoms with Gasteiger partial charge in [0.1, 0.15) is 6.04 Å². The van der Waals surface area contributed by atoms with Gasteiger partial charge in [-0.3, -0.25) is 4.79 Å². The maximum Gasteiger partial charge on any atom is 0.326 e. The maximum atomic E-state index is 11.4. The number of hydrogen-bond acceptors (Lipinski definition) is 3. The van der Waals surface area contributed by atoms with Gasteiger partial charge in [-0.2, -0.15) is 0 Å². The summed E-state index contributed by atoms with van der Waals surface area (Å²) in [5.74, 6) is -1.50. The third-order valence-corrected chi connectivity index (χ3v) is 1.87. The lowest BCUT2D eigenvalue weighted by atomic mass is 10.00. The highest BCUT2D eigenvalue weighted by Gasteiger charge is 2.25. The Balaban J connectivity index is 4.31. The Hall–Kier alpha value is -1.10. The standard InChI is InChI=1S/C10H20N2O3/c1-6(2)8(9(14)15)12-7(13)5-10(3,4)11/h6,8H,5,11H2,1-4H3,(H,12,13)(H,14,15). The van der Waals surface area contributed by atoms with Crippen molar-refractivity contribution in [1.29, 1.82) is 0 Å². The number of nitrogens with two attached hydrogens (primary N) is 1. The summed E-state index contributed by atoms with van der Waals surface area (Å²) in [4.78, 5) is 22.2. The number of amides is 1. The summed E-state index contributed by atoms with van der Waals surface area (Å²) in [7, 11) is 0. The fourth-order valence-electron chi connectivity index (χ4n) is 1.15. The molecule has 5 heteroatoms. The van der Waals surface area contributed by atoms with Gasteiger partial charge in [-0.25, -0.2) is 4.79 Å². The molecule has 5 nitrogen and oxygen atoms in total. The first-order chi connectivity index (χ1) is 6.63. The summed E-state index contributed by atoms with van der Waals surface area (Å²) >= 11 is 0. The van der Waals surface area contributed by atoms with E-state index in [9.17, 15) is 9.59 Å². The first-order valence-corrected chi connectivity index (χ1v) is 4.94. The van der Waals surface area contributed by atoms with Crippen LogP contribution in [0.2, 0.25) is 0 Å². The predicted molar refractivity (Wildman–Crippen MR) is 57.3 cm³/mol. The fraction of sp³-hybridized carbons (Fsp3) is 0.800. The molecule has 0 aliphatic carbocycles. The van der Waals surface area contributed by atoms with Crippen molar-refractivity contribution in [1.82, 2.24) is 5.32 Å². The minimum atomic E-state index is -1.02. The summed E-state index contributed by atoms with van der Waals surface area (Å²) in [6, 6.07) is -0.847. The smallest absolute Gasteiger partial charge is 0.326 e. The predicted octanol–water partition coefficient (Wildman–Crippen LogP) is 0.339. The van der Waals surface area contributed by atoms with E-state index >= 15 is 0 Å². The van der Waals surface area contributed by atoms with Crippen molar-refractivity contribution in [3.8, 4) is 0 Å². The van der Waals surface area contributed by atoms with Crippen molar-refractivity contribution in [2.24, 2.45) is 11.7 Å². The molecule has 0 heterocycles. The number of carboxylic acids is 1. The molecular formula is C10H20N2O3. The van der Waals surface area contributed by atoms with E-state index in [1.54, 1.807) is 27.7 Å². The molecule has 4 N–H and O–H groups in total. The van der Waals surface area contributed by atoms with Crippen molar-refractivity contribution < 1.29 is 14.7 Å². The molecule has 0 aromatic carbocycles. The fourth-order valence-corrected chi connectivity index (χ4v) is 1.15. The Bertz CT molecular complexity index is 244. The Kier molecular flexibility index (Phi) is 4.74. The summed E-state index contributed by atoms with van der Waals surface area (Å²) < 4.78 is 0. The number of nitrogens with one attached hydrogen (secondary N) is 1. The lowest BCUT2D eigenvalue weighted by molar-refractivity contribution is -0.143. The van der Waals surface area contributed by atoms with Gasteiger partial charge >= 0.3 is 5.97 Å². The van der Waals surface area contributed by atoms with Gasteiger partial charge < -0.3 is 16.2 Å². The molecule has 15 heavy (non-hydrogen) atoms. The Morgan fingerprint density at radius 1 is 1.40 bits per heavy atom. The van der Waals surface area contributed by atoms with Crippen LogP contribution in [0.15, 0.2) is 0 Å². The summed E-state index contributed by atoms with van der Waals surface area (Å²) in [5.41, 5.74) is 5.04. The monoisotopic (exact) mass is 216 g/mol. The van der Waals surface area contributed by atoms with Gasteiger partial charge in [-0.05, 0) is 19.8 Å². The Morgan fingerprint density at radius 3 is 2.13 bits per heavy atom. The second-order valence-corrected chi connectivity index (χ2v) is 4.79. The molecule has 0 rings (SSSR count). The molecule has 0 aliphatic rings. The molecule has 0 saturated heterocycles. The van der Waals surface area contributed by atoms with Crippen LogP contribution in [-0.2, 0) is 9.59 Å². The molecule has 0 fully saturated rings. The molecule has 1 atom stereocenters. The summed E-state index contributed by atoms with van der Waals surface area (Å²) in [6.45, 7) is 6.93. The highest BCUT2D eigenvalue weighted by Crippen LogP contribution is 2.06. The van der Waals surface area contributed by atoms with E-state index < -0.39 is 17.6 Å². The number of carbonyl (C=O) groups excluding carboxylic acids is 1. The topological polar surface area (TPSA) is 92.4 Å². The maximum absolute atomic E-state index is 11.4. The van der Waals surface area contributed by atoms with Crippen molar-refractivity contribution in [2.75, 3.05) is 0 Å². The van der Waals surface area contributed by atoms with Crippen LogP contribution in [0.4, 0.5) is 0 Å². The van der Waals surface area contributed by atoms with Crippen molar-refractivity contribution in [3.63, 3.8) is 0 Å². The molecule has 88 valence electrons. The van der Waals surface area contributed by atoms with Crippen LogP contribution in [0.3, 0.4) is 0 Å². The number of carbonyl (C=O) groups is 2. The number of hydrogen-bond donors (Lipinski definition) is 3. The van der Waals surface area contributed by atoms with Crippen LogP contribution in [0.5, 0.6) is 0 Å². The zero-order chi connectivity index (χ0) is 12.2. The SMILES string of the molecule is CC(C)C(NC(=O)CC(C)(C)N)C(=O)O. The highest BCUT2D eigenvalue weighted by molar-refractivity contribution is 5.84. The van der Waals surface area contributed by atoms with Crippen LogP contribution in [0, 0.1) is 5.92 Å². The number of aliphatic carboxylic acids is 1. The van der Waals surface area contributed by atoms with Crippen molar-refractivity contribution >= 4 is 11.9 Å². The minimum absolute atomic E-state index is 0.115. The quantitative estimate of drug-likeness (QED) is 0.618. The zero-order valence-corrected chi connectivity index (χ0v) is 9.70. The van der Waals surface area contributed by atoms with Gasteiger partial charge in [0.05, 0.1) is 0 Å². The molecule has 0 spiro atoms. The molecule has 1 amide bonds. The average molecular weight is 216 g/mol. The molecular weight excluding hydrogens is 196 g/mol. The van der Waals surface area contributed by atoms with Crippen molar-refractivity contribution in [3.05, 3.63) is 0 Å². The van der Waals surface area contributed by atoms with E-state index in [4.69, 9.17) is 10.8 Å². The van der Waals surface area contributed by atoms with E-state index in [-0.39, 0.29) is 18.2 Å². The largest absolute Gasteiger partial charge is 0.480 e. The van der Waals surface area contributed by atoms with Crippen LogP contribution in [-0.4, -0.2) is 28.6 Å². The summed E-state index contributed by atoms with van der Waals surface area (Å²) in [6.07, 6.45) is 0.115. The molecule has 0 radical (unpaired) electrons. The lowest BCUT2D eigenvalue weighted by Crippen LogP contribution is -2.47. The average Bonchev–Trinajstić information content (AvgIpc) is 1.95. The van der Waals surface area contributed by atoms with Crippen LogP contribution in [0.25, 0.3) is 0 Å². The Labute approximate surface area is 90.0 Å². The first-order valence-electron chi connectivity index (χ1n) is 4.94. The molecule has 0 aromatic heterocycles. The second kappa shape index (κ2) is 5.11. The van der Waals surface area contributed by atoms with E-state index in [0.29, 0.717) is 0 Å². The van der Waals surface area contributed by atoms with E-state index in [2.05, 4.69) is 5.32 Å². The number of carboxylic acid groups (broad SMARTS) is 1. The van der Waals surface area contributed by atoms with Gasteiger partial charge in [0.25, 0.3) is 0 Å². The molecule has 0 aliphatic heterocycles. The minimum Gasteiger partial charge on any atom is -0.480 e. The van der Waals surface area contributed by atoms with Gasteiger partial charge in [-0.1, -0.05) is 13.8 Å². The van der Waals surface area contributed by atoms with Crippen LogP contribution < -0.4 is 11.1 Å². The van der Waals surface area contributed by atoms with Gasteiger partial charge in [0.15, 0.2) is 0 Å². The highest BCUT2D eigenvalue weighted by atomic mass is 16.4. The second-order valence-electron chi connectivity index (χ2n) is 4.79. The molecule has 0 bridgehead atoms.